The molecule has 8 heteroatoms. The standard InChI is InChI=1S/C14H12N2O5S/c17-14(10-6-7-12-13(8-10)21-9-20-12)15-16-22(18,19)11-4-2-1-3-5-11/h1-8,16H,9H2,(H,15,17). The largest absolute Gasteiger partial charge is 0.454 e. The zero-order chi connectivity index (χ0) is 15.6. The van der Waals surface area contributed by atoms with E-state index in [1.54, 1.807) is 24.3 Å². The van der Waals surface area contributed by atoms with Crippen LogP contribution in [0.25, 0.3) is 0 Å². The lowest BCUT2D eigenvalue weighted by atomic mass is 10.2. The minimum atomic E-state index is -3.81. The zero-order valence-electron chi connectivity index (χ0n) is 11.3. The number of benzene rings is 2. The molecule has 7 nitrogen and oxygen atoms in total. The Morgan fingerprint density at radius 1 is 1.00 bits per heavy atom. The van der Waals surface area contributed by atoms with Crippen molar-refractivity contribution in [2.24, 2.45) is 0 Å². The number of fused-ring (bicyclic) bond motifs is 1. The van der Waals surface area contributed by atoms with Gasteiger partial charge in [-0.2, -0.15) is 0 Å². The van der Waals surface area contributed by atoms with Crippen molar-refractivity contribution in [3.8, 4) is 11.5 Å². The van der Waals surface area contributed by atoms with Gasteiger partial charge in [-0.1, -0.05) is 18.2 Å². The third-order valence-corrected chi connectivity index (χ3v) is 4.25. The maximum absolute atomic E-state index is 12.0. The lowest BCUT2D eigenvalue weighted by molar-refractivity contribution is 0.0944. The third-order valence-electron chi connectivity index (χ3n) is 2.99. The molecule has 0 saturated carbocycles. The normalized spacial score (nSPS) is 12.9. The Balaban J connectivity index is 1.70. The van der Waals surface area contributed by atoms with Gasteiger partial charge in [-0.05, 0) is 30.3 Å². The number of nitrogens with one attached hydrogen (secondary N) is 2. The summed E-state index contributed by atoms with van der Waals surface area (Å²) in [6, 6.07) is 12.3. The molecule has 1 aliphatic rings. The van der Waals surface area contributed by atoms with Crippen LogP contribution in [0.5, 0.6) is 11.5 Å². The summed E-state index contributed by atoms with van der Waals surface area (Å²) in [6.45, 7) is 0.0983. The van der Waals surface area contributed by atoms with Crippen LogP contribution >= 0.6 is 0 Å². The van der Waals surface area contributed by atoms with Gasteiger partial charge in [0.1, 0.15) is 0 Å². The quantitative estimate of drug-likeness (QED) is 0.821. The molecule has 0 spiro atoms. The van der Waals surface area contributed by atoms with Gasteiger partial charge < -0.3 is 9.47 Å². The number of hydrogen-bond donors (Lipinski definition) is 2. The SMILES string of the molecule is O=C(NNS(=O)(=O)c1ccccc1)c1ccc2c(c1)OCO2. The van der Waals surface area contributed by atoms with Crippen molar-refractivity contribution in [2.45, 2.75) is 4.90 Å². The van der Waals surface area contributed by atoms with Gasteiger partial charge in [0.2, 0.25) is 6.79 Å². The smallest absolute Gasteiger partial charge is 0.266 e. The first-order chi connectivity index (χ1) is 10.6. The lowest BCUT2D eigenvalue weighted by Gasteiger charge is -2.08. The fourth-order valence-corrected chi connectivity index (χ4v) is 2.74. The number of rotatable bonds is 4. The number of hydrogen-bond acceptors (Lipinski definition) is 5. The maximum atomic E-state index is 12.0. The van der Waals surface area contributed by atoms with Crippen LogP contribution < -0.4 is 19.7 Å². The molecular formula is C14H12N2O5S. The highest BCUT2D eigenvalue weighted by atomic mass is 32.2. The molecule has 0 bridgehead atoms. The first-order valence-electron chi connectivity index (χ1n) is 6.33. The Kier molecular flexibility index (Phi) is 3.70. The summed E-state index contributed by atoms with van der Waals surface area (Å²) < 4.78 is 34.3. The number of hydrazine groups is 1. The van der Waals surface area contributed by atoms with E-state index in [9.17, 15) is 13.2 Å². The highest BCUT2D eigenvalue weighted by Crippen LogP contribution is 2.32. The van der Waals surface area contributed by atoms with Crippen molar-refractivity contribution < 1.29 is 22.7 Å². The lowest BCUT2D eigenvalue weighted by Crippen LogP contribution is -2.41. The van der Waals surface area contributed by atoms with E-state index in [1.165, 1.54) is 24.3 Å². The van der Waals surface area contributed by atoms with Crippen molar-refractivity contribution in [3.63, 3.8) is 0 Å². The first kappa shape index (κ1) is 14.4. The minimum Gasteiger partial charge on any atom is -0.454 e. The second-order valence-electron chi connectivity index (χ2n) is 4.44. The van der Waals surface area contributed by atoms with Crippen LogP contribution in [-0.4, -0.2) is 21.1 Å². The molecule has 2 N–H and O–H groups in total. The maximum Gasteiger partial charge on any atom is 0.266 e. The van der Waals surface area contributed by atoms with E-state index >= 15 is 0 Å². The summed E-state index contributed by atoms with van der Waals surface area (Å²) in [7, 11) is -3.81. The average molecular weight is 320 g/mol. The Morgan fingerprint density at radius 3 is 2.50 bits per heavy atom. The van der Waals surface area contributed by atoms with Crippen LogP contribution in [0.1, 0.15) is 10.4 Å². The van der Waals surface area contributed by atoms with Gasteiger partial charge in [0.25, 0.3) is 15.9 Å². The third kappa shape index (κ3) is 2.87. The Morgan fingerprint density at radius 2 is 1.73 bits per heavy atom. The summed E-state index contributed by atoms with van der Waals surface area (Å²) in [5, 5.41) is 0. The predicted molar refractivity (Wildman–Crippen MR) is 76.8 cm³/mol. The fraction of sp³-hybridized carbons (Fsp3) is 0.0714. The van der Waals surface area contributed by atoms with Crippen molar-refractivity contribution in [2.75, 3.05) is 6.79 Å². The summed E-state index contributed by atoms with van der Waals surface area (Å²) >= 11 is 0. The number of carbonyl (C=O) groups is 1. The molecule has 0 radical (unpaired) electrons. The van der Waals surface area contributed by atoms with Crippen molar-refractivity contribution in [1.29, 1.82) is 0 Å². The fourth-order valence-electron chi connectivity index (χ4n) is 1.88. The zero-order valence-corrected chi connectivity index (χ0v) is 12.1. The monoisotopic (exact) mass is 320 g/mol. The van der Waals surface area contributed by atoms with Crippen LogP contribution in [0.4, 0.5) is 0 Å². The highest BCUT2D eigenvalue weighted by Gasteiger charge is 2.18. The topological polar surface area (TPSA) is 93.7 Å². The molecule has 114 valence electrons. The Bertz CT molecular complexity index is 805. The number of ether oxygens (including phenoxy) is 2. The summed E-state index contributed by atoms with van der Waals surface area (Å²) in [6.07, 6.45) is 0. The van der Waals surface area contributed by atoms with E-state index in [1.807, 2.05) is 4.83 Å². The summed E-state index contributed by atoms with van der Waals surface area (Å²) in [5.41, 5.74) is 2.41. The van der Waals surface area contributed by atoms with E-state index in [4.69, 9.17) is 9.47 Å². The molecule has 0 aliphatic carbocycles. The predicted octanol–water partition coefficient (Wildman–Crippen LogP) is 1.04. The average Bonchev–Trinajstić information content (AvgIpc) is 3.01. The van der Waals surface area contributed by atoms with Gasteiger partial charge in [0.05, 0.1) is 4.90 Å². The van der Waals surface area contributed by atoms with E-state index in [0.717, 1.165) is 0 Å². The molecule has 1 aliphatic heterocycles. The number of amides is 1. The van der Waals surface area contributed by atoms with Crippen LogP contribution in [0, 0.1) is 0 Å². The second-order valence-corrected chi connectivity index (χ2v) is 6.12. The molecule has 0 atom stereocenters. The molecule has 1 heterocycles. The summed E-state index contributed by atoms with van der Waals surface area (Å²) in [5.74, 6) is 0.387. The highest BCUT2D eigenvalue weighted by molar-refractivity contribution is 7.89. The van der Waals surface area contributed by atoms with Gasteiger partial charge in [0.15, 0.2) is 11.5 Å². The van der Waals surface area contributed by atoms with Crippen molar-refractivity contribution >= 4 is 15.9 Å². The van der Waals surface area contributed by atoms with Crippen LogP contribution in [0.3, 0.4) is 0 Å². The van der Waals surface area contributed by atoms with Crippen molar-refractivity contribution in [1.82, 2.24) is 10.3 Å². The second kappa shape index (κ2) is 5.66. The molecule has 1 amide bonds. The van der Waals surface area contributed by atoms with Crippen LogP contribution in [-0.2, 0) is 10.0 Å². The van der Waals surface area contributed by atoms with Gasteiger partial charge in [-0.15, -0.1) is 4.83 Å². The Hall–Kier alpha value is -2.58. The Labute approximate surface area is 126 Å². The molecule has 0 aromatic heterocycles. The molecule has 0 saturated heterocycles. The van der Waals surface area contributed by atoms with E-state index in [-0.39, 0.29) is 17.3 Å². The van der Waals surface area contributed by atoms with Crippen molar-refractivity contribution in [3.05, 3.63) is 54.1 Å². The molecule has 2 aromatic rings. The van der Waals surface area contributed by atoms with E-state index < -0.39 is 15.9 Å². The van der Waals surface area contributed by atoms with Crippen LogP contribution in [0.15, 0.2) is 53.4 Å². The molecule has 2 aromatic carbocycles. The number of carbonyl (C=O) groups excluding carboxylic acids is 1. The molecule has 3 rings (SSSR count). The van der Waals surface area contributed by atoms with E-state index in [0.29, 0.717) is 11.5 Å². The molecular weight excluding hydrogens is 308 g/mol. The molecule has 0 fully saturated rings. The minimum absolute atomic E-state index is 0.0565. The van der Waals surface area contributed by atoms with E-state index in [2.05, 4.69) is 5.43 Å². The van der Waals surface area contributed by atoms with Gasteiger partial charge in [-0.3, -0.25) is 10.2 Å². The van der Waals surface area contributed by atoms with Gasteiger partial charge in [-0.25, -0.2) is 8.42 Å². The number of sulfonamides is 1. The molecule has 0 unspecified atom stereocenters. The molecule has 22 heavy (non-hydrogen) atoms. The van der Waals surface area contributed by atoms with Crippen LogP contribution in [0.2, 0.25) is 0 Å². The first-order valence-corrected chi connectivity index (χ1v) is 7.81. The van der Waals surface area contributed by atoms with Gasteiger partial charge in [0, 0.05) is 5.56 Å². The van der Waals surface area contributed by atoms with Gasteiger partial charge >= 0.3 is 0 Å². The summed E-state index contributed by atoms with van der Waals surface area (Å²) in [4.78, 5) is 14.1.